The van der Waals surface area contributed by atoms with Crippen molar-refractivity contribution in [1.29, 1.82) is 0 Å². The summed E-state index contributed by atoms with van der Waals surface area (Å²) in [5, 5.41) is 4.40. The number of piperidine rings is 1. The number of amides is 1. The van der Waals surface area contributed by atoms with Crippen LogP contribution in [0.2, 0.25) is 0 Å². The number of aromatic nitrogens is 2. The van der Waals surface area contributed by atoms with E-state index in [1.807, 2.05) is 47.1 Å². The van der Waals surface area contributed by atoms with E-state index in [0.717, 1.165) is 31.5 Å². The SMILES string of the molecule is Cn1cc([C@@H](c2ccccc2)C2CCN(C(=O)c3ccc4c(c3)CC(=O)CO4)CC2)cn1. The van der Waals surface area contributed by atoms with Gasteiger partial charge >= 0.3 is 0 Å². The van der Waals surface area contributed by atoms with Crippen LogP contribution >= 0.6 is 0 Å². The van der Waals surface area contributed by atoms with Crippen LogP contribution in [-0.4, -0.2) is 46.1 Å². The maximum Gasteiger partial charge on any atom is 0.253 e. The first-order chi connectivity index (χ1) is 15.6. The molecule has 0 saturated carbocycles. The Bertz CT molecular complexity index is 1130. The molecule has 2 aliphatic heterocycles. The zero-order valence-electron chi connectivity index (χ0n) is 18.2. The Hall–Kier alpha value is -3.41. The quantitative estimate of drug-likeness (QED) is 0.636. The van der Waals surface area contributed by atoms with Crippen LogP contribution in [0.25, 0.3) is 0 Å². The van der Waals surface area contributed by atoms with Gasteiger partial charge in [0.05, 0.1) is 6.20 Å². The van der Waals surface area contributed by atoms with Crippen molar-refractivity contribution in [2.75, 3.05) is 19.7 Å². The lowest BCUT2D eigenvalue weighted by Crippen LogP contribution is -2.40. The number of benzene rings is 2. The number of likely N-dealkylation sites (tertiary alicyclic amines) is 1. The molecule has 0 N–H and O–H groups in total. The molecule has 1 saturated heterocycles. The number of hydrogen-bond donors (Lipinski definition) is 0. The Kier molecular flexibility index (Phi) is 5.52. The van der Waals surface area contributed by atoms with Crippen molar-refractivity contribution in [1.82, 2.24) is 14.7 Å². The van der Waals surface area contributed by atoms with Crippen molar-refractivity contribution in [3.8, 4) is 5.75 Å². The molecule has 32 heavy (non-hydrogen) atoms. The third-order valence-electron chi connectivity index (χ3n) is 6.62. The monoisotopic (exact) mass is 429 g/mol. The van der Waals surface area contributed by atoms with Crippen molar-refractivity contribution in [3.05, 3.63) is 83.2 Å². The molecule has 164 valence electrons. The second kappa shape index (κ2) is 8.61. The van der Waals surface area contributed by atoms with Gasteiger partial charge in [-0.1, -0.05) is 30.3 Å². The maximum absolute atomic E-state index is 13.2. The van der Waals surface area contributed by atoms with E-state index in [0.29, 0.717) is 23.7 Å². The van der Waals surface area contributed by atoms with Gasteiger partial charge in [0.2, 0.25) is 0 Å². The van der Waals surface area contributed by atoms with E-state index in [9.17, 15) is 9.59 Å². The molecule has 2 aromatic carbocycles. The highest BCUT2D eigenvalue weighted by atomic mass is 16.5. The van der Waals surface area contributed by atoms with E-state index in [-0.39, 0.29) is 24.2 Å². The minimum Gasteiger partial charge on any atom is -0.486 e. The van der Waals surface area contributed by atoms with Gasteiger partial charge in [-0.2, -0.15) is 5.10 Å². The summed E-state index contributed by atoms with van der Waals surface area (Å²) in [6, 6.07) is 16.0. The van der Waals surface area contributed by atoms with E-state index in [2.05, 4.69) is 35.6 Å². The third-order valence-corrected chi connectivity index (χ3v) is 6.62. The highest BCUT2D eigenvalue weighted by Crippen LogP contribution is 2.38. The Morgan fingerprint density at radius 3 is 2.59 bits per heavy atom. The molecular weight excluding hydrogens is 402 g/mol. The van der Waals surface area contributed by atoms with Crippen molar-refractivity contribution in [2.45, 2.75) is 25.2 Å². The lowest BCUT2D eigenvalue weighted by atomic mass is 9.77. The van der Waals surface area contributed by atoms with Crippen molar-refractivity contribution in [2.24, 2.45) is 13.0 Å². The summed E-state index contributed by atoms with van der Waals surface area (Å²) in [7, 11) is 1.95. The molecule has 1 atom stereocenters. The van der Waals surface area contributed by atoms with Crippen LogP contribution in [0.1, 0.15) is 45.8 Å². The molecule has 0 aliphatic carbocycles. The second-order valence-electron chi connectivity index (χ2n) is 8.79. The molecule has 1 amide bonds. The van der Waals surface area contributed by atoms with Gasteiger partial charge in [-0.25, -0.2) is 0 Å². The average Bonchev–Trinajstić information content (AvgIpc) is 3.25. The van der Waals surface area contributed by atoms with Crippen LogP contribution < -0.4 is 4.74 Å². The van der Waals surface area contributed by atoms with Gasteiger partial charge in [0.15, 0.2) is 5.78 Å². The van der Waals surface area contributed by atoms with Crippen molar-refractivity contribution in [3.63, 3.8) is 0 Å². The van der Waals surface area contributed by atoms with Crippen LogP contribution in [-0.2, 0) is 18.3 Å². The van der Waals surface area contributed by atoms with Gasteiger partial charge in [-0.05, 0) is 48.1 Å². The summed E-state index contributed by atoms with van der Waals surface area (Å²) < 4.78 is 7.32. The highest BCUT2D eigenvalue weighted by Gasteiger charge is 2.31. The molecule has 6 nitrogen and oxygen atoms in total. The number of Topliss-reactive ketones (excluding diaryl/α,β-unsaturated/α-hetero) is 1. The van der Waals surface area contributed by atoms with Gasteiger partial charge in [-0.15, -0.1) is 0 Å². The van der Waals surface area contributed by atoms with Crippen LogP contribution in [0, 0.1) is 5.92 Å². The maximum atomic E-state index is 13.2. The smallest absolute Gasteiger partial charge is 0.253 e. The number of rotatable bonds is 4. The van der Waals surface area contributed by atoms with Crippen LogP contribution in [0.5, 0.6) is 5.75 Å². The predicted octanol–water partition coefficient (Wildman–Crippen LogP) is 3.61. The molecule has 0 unspecified atom stereocenters. The molecular formula is C26H27N3O3. The number of hydrogen-bond acceptors (Lipinski definition) is 4. The number of ketones is 1. The van der Waals surface area contributed by atoms with Gasteiger partial charge in [0.1, 0.15) is 12.4 Å². The molecule has 5 rings (SSSR count). The molecule has 0 bridgehead atoms. The first-order valence-corrected chi connectivity index (χ1v) is 11.2. The summed E-state index contributed by atoms with van der Waals surface area (Å²) >= 11 is 0. The summed E-state index contributed by atoms with van der Waals surface area (Å²) in [6.07, 6.45) is 6.28. The molecule has 3 heterocycles. The zero-order valence-corrected chi connectivity index (χ0v) is 18.2. The Balaban J connectivity index is 1.31. The number of fused-ring (bicyclic) bond motifs is 1. The summed E-state index contributed by atoms with van der Waals surface area (Å²) in [4.78, 5) is 26.8. The molecule has 0 spiro atoms. The summed E-state index contributed by atoms with van der Waals surface area (Å²) in [5.74, 6) is 1.50. The molecule has 3 aromatic rings. The Morgan fingerprint density at radius 2 is 1.88 bits per heavy atom. The Labute approximate surface area is 187 Å². The molecule has 1 fully saturated rings. The molecule has 6 heteroatoms. The fraction of sp³-hybridized carbons (Fsp3) is 0.346. The molecule has 0 radical (unpaired) electrons. The summed E-state index contributed by atoms with van der Waals surface area (Å²) in [6.45, 7) is 1.56. The lowest BCUT2D eigenvalue weighted by Gasteiger charge is -2.36. The van der Waals surface area contributed by atoms with E-state index in [1.165, 1.54) is 11.1 Å². The van der Waals surface area contributed by atoms with E-state index < -0.39 is 0 Å². The minimum absolute atomic E-state index is 0.0295. The third kappa shape index (κ3) is 4.05. The number of carbonyl (C=O) groups excluding carboxylic acids is 2. The number of carbonyl (C=O) groups is 2. The fourth-order valence-electron chi connectivity index (χ4n) is 5.03. The van der Waals surface area contributed by atoms with Gasteiger partial charge in [-0.3, -0.25) is 14.3 Å². The minimum atomic E-state index is 0.0295. The number of ether oxygens (including phenoxy) is 1. The average molecular weight is 430 g/mol. The predicted molar refractivity (Wildman–Crippen MR) is 121 cm³/mol. The van der Waals surface area contributed by atoms with Crippen LogP contribution in [0.15, 0.2) is 60.9 Å². The molecule has 1 aromatic heterocycles. The van der Waals surface area contributed by atoms with E-state index in [4.69, 9.17) is 4.74 Å². The van der Waals surface area contributed by atoms with Crippen molar-refractivity contribution < 1.29 is 14.3 Å². The van der Waals surface area contributed by atoms with E-state index >= 15 is 0 Å². The lowest BCUT2D eigenvalue weighted by molar-refractivity contribution is -0.121. The normalized spacial score (nSPS) is 17.5. The Morgan fingerprint density at radius 1 is 1.09 bits per heavy atom. The van der Waals surface area contributed by atoms with Crippen LogP contribution in [0.3, 0.4) is 0 Å². The first-order valence-electron chi connectivity index (χ1n) is 11.2. The number of aryl methyl sites for hydroxylation is 1. The first kappa shape index (κ1) is 20.5. The zero-order chi connectivity index (χ0) is 22.1. The summed E-state index contributed by atoms with van der Waals surface area (Å²) in [5.41, 5.74) is 3.96. The highest BCUT2D eigenvalue weighted by molar-refractivity contribution is 5.95. The largest absolute Gasteiger partial charge is 0.486 e. The topological polar surface area (TPSA) is 64.4 Å². The van der Waals surface area contributed by atoms with E-state index in [1.54, 1.807) is 0 Å². The standard InChI is InChI=1S/C26H27N3O3/c1-28-16-22(15-27-28)25(18-5-3-2-4-6-18)19-9-11-29(12-10-19)26(31)20-7-8-24-21(13-20)14-23(30)17-32-24/h2-8,13,15-16,19,25H,9-12,14,17H2,1H3/t25-/m0/s1. The fourth-order valence-corrected chi connectivity index (χ4v) is 5.03. The number of nitrogens with zero attached hydrogens (tertiary/aromatic N) is 3. The van der Waals surface area contributed by atoms with Gasteiger partial charge < -0.3 is 9.64 Å². The van der Waals surface area contributed by atoms with Gasteiger partial charge in [0, 0.05) is 49.8 Å². The second-order valence-corrected chi connectivity index (χ2v) is 8.79. The van der Waals surface area contributed by atoms with Crippen molar-refractivity contribution >= 4 is 11.7 Å². The molecule has 2 aliphatic rings. The van der Waals surface area contributed by atoms with Gasteiger partial charge in [0.25, 0.3) is 5.91 Å². The van der Waals surface area contributed by atoms with Crippen LogP contribution in [0.4, 0.5) is 0 Å².